The predicted octanol–water partition coefficient (Wildman–Crippen LogP) is -9.38. The molecular weight excluding hydrogens is 2380 g/mol. The fourth-order valence-electron chi connectivity index (χ4n) is 9.47. The number of hydrogen-bond acceptors (Lipinski definition) is 73. The first-order chi connectivity index (χ1) is 64.5. The van der Waals surface area contributed by atoms with E-state index < -0.39 is 316 Å². The van der Waals surface area contributed by atoms with E-state index in [9.17, 15) is 196 Å². The van der Waals surface area contributed by atoms with Crippen LogP contribution in [0.15, 0.2) is 15.3 Å². The number of terminal acetylenes is 2. The Labute approximate surface area is 793 Å². The van der Waals surface area contributed by atoms with Gasteiger partial charge in [-0.3, -0.25) is 95.6 Å². The Hall–Kier alpha value is -1.17. The molecule has 5 heterocycles. The molecule has 0 aromatic carbocycles. The zero-order chi connectivity index (χ0) is 111. The Bertz CT molecular complexity index is 5320. The van der Waals surface area contributed by atoms with Gasteiger partial charge < -0.3 is 189 Å². The van der Waals surface area contributed by atoms with Crippen LogP contribution in [0.4, 0.5) is 0 Å². The van der Waals surface area contributed by atoms with Crippen molar-refractivity contribution in [2.45, 2.75) is 157 Å². The summed E-state index contributed by atoms with van der Waals surface area (Å²) in [5.41, 5.74) is 24.3. The topological polar surface area (TPSA) is 1350 Å². The lowest BCUT2D eigenvalue weighted by atomic mass is 10.1. The molecule has 0 amide bonds. The van der Waals surface area contributed by atoms with Crippen molar-refractivity contribution in [1.82, 2.24) is 0 Å². The van der Waals surface area contributed by atoms with Gasteiger partial charge in [-0.15, -0.1) is 12.8 Å². The van der Waals surface area contributed by atoms with E-state index in [1.165, 1.54) is 34.6 Å². The minimum Gasteiger partial charge on any atom is -0.756 e. The van der Waals surface area contributed by atoms with Crippen LogP contribution in [-0.2, 0) is 223 Å². The van der Waals surface area contributed by atoms with E-state index in [2.05, 4.69) is 145 Å². The number of aliphatic hydroxyl groups excluding tert-OH is 5. The lowest BCUT2D eigenvalue weighted by Crippen LogP contribution is -2.37. The number of hydrogen-bond donors (Lipinski definition) is 13. The molecule has 0 aliphatic carbocycles. The van der Waals surface area contributed by atoms with Gasteiger partial charge in [0, 0.05) is 14.7 Å². The highest BCUT2D eigenvalue weighted by molar-refractivity contribution is 7.67. The summed E-state index contributed by atoms with van der Waals surface area (Å²) in [6.45, 7) is -1.63. The third-order valence-electron chi connectivity index (χ3n) is 14.5. The maximum Gasteiger partial charge on any atom is 0.472 e. The van der Waals surface area contributed by atoms with Crippen LogP contribution < -0.4 is 73.4 Å². The molecule has 13 N–H and O–H groups in total. The molecule has 143 heavy (non-hydrogen) atoms. The summed E-state index contributed by atoms with van der Waals surface area (Å²) in [5, 5.41) is 65.8. The van der Waals surface area contributed by atoms with Crippen molar-refractivity contribution >= 4 is 141 Å². The third kappa shape index (κ3) is 58.8. The first-order valence-electron chi connectivity index (χ1n) is 34.9. The second-order valence-corrected chi connectivity index (χ2v) is 50.3. The predicted molar refractivity (Wildman–Crippen MR) is 398 cm³/mol. The standard InChI is InChI=1S/C16H30N3O23P5.C9H17O13P3.C7H18N3O20P5.C7H15N3O10P2.H5O11P3/c1-4-5-32-15-11(36-9(2)13(15)20)6-34-45(26,27)41-47(30,31)42-46(28,29)40-39-44(24,25)33-7-12-16(14(21)10(3)37-12)38-43(22,23)35-8-18-19-17;1-3-4-18-9-7(20-6(2)8(9)10)5-19-24(14,15)22-25(16,17)21-23(11,12)13;1-4-6(11)7(26-32(15,16)24-3-9-10-8)5(25-4)2-23-33(17,18)27-28-34(19,20)30-35(21,22)29-31(12,13)14;1-4-6(11)7(5(19-4)2-17-21(12,13)14)20-22(15,16)18-3-9-10-8;1-9-13(5,6)11-14(7,8)10-12(2,3)4/h1,9-16,20-21H,5-8H2,2-3H3,(H,22,23)(H,24,25)(H,26,27)(H,28,29)(H,30,31);1,6-10H,4-5H2,2H3,(H,14,15)(H,16,17)(H2,11,12,13);4-7,11H,2-3H2,1H3,(H,15,16)(H,17,18)(H,19,20)(H,21,22)(H2,12,13,14);4-7,11H,2-3H2,1H3,(H,15,16)(H2,12,13,14);1H,(H,5,6)(H,7,8)(H2,2,3,4)/p-15/t9-,10-,11+,12+,13?,14+,15-,16?;6-,7+,8+,9?;2*4-,5+,6+,7?;/m0000./s1. The molecule has 23 unspecified atom stereocenters. The van der Waals surface area contributed by atoms with Gasteiger partial charge in [-0.2, -0.15) is 23.4 Å². The molecule has 5 aliphatic rings. The van der Waals surface area contributed by atoms with Crippen molar-refractivity contribution in [2.75, 3.05) is 66.4 Å². The highest BCUT2D eigenvalue weighted by atomic mass is 31.3. The average Bonchev–Trinajstić information content (AvgIpc) is 1.72. The molecule has 0 saturated carbocycles. The van der Waals surface area contributed by atoms with Gasteiger partial charge in [0.2, 0.25) is 0 Å². The average molecular weight is 2450 g/mol. The van der Waals surface area contributed by atoms with Crippen LogP contribution in [0.3, 0.4) is 0 Å². The molecule has 0 spiro atoms. The molecule has 5 saturated heterocycles. The zero-order valence-electron chi connectivity index (χ0n) is 69.8. The van der Waals surface area contributed by atoms with Gasteiger partial charge in [0.25, 0.3) is 93.9 Å². The molecule has 838 valence electrons. The van der Waals surface area contributed by atoms with Crippen molar-refractivity contribution in [3.05, 3.63) is 31.3 Å². The van der Waals surface area contributed by atoms with Gasteiger partial charge in [-0.25, -0.2) is 53.4 Å². The molecule has 104 heteroatoms. The van der Waals surface area contributed by atoms with Crippen LogP contribution in [0.5, 0.6) is 0 Å². The monoisotopic (exact) mass is 2450 g/mol. The number of rotatable bonds is 57. The van der Waals surface area contributed by atoms with Gasteiger partial charge in [0.15, 0.2) is 0 Å². The fourth-order valence-corrected chi connectivity index (χ4v) is 25.2. The number of ether oxygens (including phenoxy) is 7. The highest BCUT2D eigenvalue weighted by Gasteiger charge is 2.52. The lowest BCUT2D eigenvalue weighted by molar-refractivity contribution is -0.312. The number of aliphatic hydroxyl groups is 5. The first-order valence-corrected chi connectivity index (χ1v) is 61.4. The summed E-state index contributed by atoms with van der Waals surface area (Å²) < 4.78 is 326. The van der Waals surface area contributed by atoms with E-state index in [0.29, 0.717) is 0 Å². The highest BCUT2D eigenvalue weighted by Crippen LogP contribution is 2.67. The van der Waals surface area contributed by atoms with Crippen LogP contribution in [0.1, 0.15) is 34.6 Å². The van der Waals surface area contributed by atoms with Gasteiger partial charge in [0.05, 0.1) is 63.6 Å². The molecule has 0 aromatic heterocycles. The van der Waals surface area contributed by atoms with Crippen LogP contribution in [-0.4, -0.2) is 254 Å². The van der Waals surface area contributed by atoms with E-state index in [0.717, 1.165) is 0 Å². The lowest BCUT2D eigenvalue weighted by Gasteiger charge is -2.34. The number of azide groups is 3. The molecule has 86 nitrogen and oxygen atoms in total. The Morgan fingerprint density at radius 2 is 0.497 bits per heavy atom. The number of nitrogens with zero attached hydrogens (tertiary/aromatic N) is 9. The number of phosphoric acid groups is 18. The van der Waals surface area contributed by atoms with Crippen molar-refractivity contribution < 1.29 is 361 Å². The minimum atomic E-state index is -6.49. The van der Waals surface area contributed by atoms with Crippen molar-refractivity contribution in [3.8, 4) is 24.7 Å². The maximum absolute atomic E-state index is 12.0. The second kappa shape index (κ2) is 59.1. The first kappa shape index (κ1) is 140. The fraction of sp³-hybridized carbons (Fsp3) is 0.897. The quantitative estimate of drug-likeness (QED) is 0.00511. The van der Waals surface area contributed by atoms with Crippen LogP contribution >= 0.6 is 141 Å². The van der Waals surface area contributed by atoms with Crippen LogP contribution in [0.25, 0.3) is 31.3 Å². The van der Waals surface area contributed by atoms with Crippen molar-refractivity contribution in [1.29, 1.82) is 0 Å². The Morgan fingerprint density at radius 3 is 0.720 bits per heavy atom. The molecule has 5 fully saturated rings. The Balaban J connectivity index is 0.000000943. The van der Waals surface area contributed by atoms with Gasteiger partial charge in [0.1, 0.15) is 125 Å². The molecular formula is C39H70N9O77P18-15. The summed E-state index contributed by atoms with van der Waals surface area (Å²) in [4.78, 5) is 234. The van der Waals surface area contributed by atoms with E-state index in [1.807, 2.05) is 0 Å². The maximum atomic E-state index is 12.0. The van der Waals surface area contributed by atoms with E-state index >= 15 is 0 Å². The summed E-state index contributed by atoms with van der Waals surface area (Å²) in [7, 11) is -104. The zero-order valence-corrected chi connectivity index (χ0v) is 85.9. The SMILES string of the molecule is C#CCOC1[C@@H](COP(=O)([O-])OP(=O)([O-])OP(=O)([O-])O)O[C@@H](C)[C@H]1O.C#CCO[C@@H]1C(O)[C@H](C)O[C@@H]1COP(=O)([O-])OP(=O)([O-])OP(=O)([O-])OOP(=O)([O-])OC[C@H]1O[C@@H](C)[C@@H](O)C1OP(=O)(O)OCN=[N+]=[N-].C[C@@H]1O[C@H](COP(=O)([O-])O)C(OP(=O)(O)OCN=[N+]=[N-])[C@@H]1O.C[C@@H]1O[C@H](COP(=O)([O-])OOP(=O)([O-])OP(=O)([O-])OP(=O)([O-])O)C(OP(=O)(O)OCN=[N+]=[N-])[C@@H]1O.O=P([O-])(O)OP(=O)([O-])OP(=O)([O-])OO. The Morgan fingerprint density at radius 1 is 0.294 bits per heavy atom. The molecule has 5 aliphatic heterocycles. The smallest absolute Gasteiger partial charge is 0.472 e. The van der Waals surface area contributed by atoms with Gasteiger partial charge >= 0.3 is 46.9 Å². The molecule has 0 bridgehead atoms. The molecule has 0 aromatic rings. The summed E-state index contributed by atoms with van der Waals surface area (Å²) in [6.07, 6.45) is -16.5. The van der Waals surface area contributed by atoms with E-state index in [1.54, 1.807) is 0 Å². The molecule has 5 rings (SSSR count). The molecule has 0 radical (unpaired) electrons. The van der Waals surface area contributed by atoms with E-state index in [4.69, 9.17) is 92.0 Å². The van der Waals surface area contributed by atoms with Crippen LogP contribution in [0.2, 0.25) is 0 Å². The summed E-state index contributed by atoms with van der Waals surface area (Å²) >= 11 is 0. The van der Waals surface area contributed by atoms with Gasteiger partial charge in [-0.1, -0.05) is 27.2 Å². The Kier molecular flexibility index (Phi) is 57.8. The van der Waals surface area contributed by atoms with Gasteiger partial charge in [-0.05, 0) is 51.2 Å². The van der Waals surface area contributed by atoms with Crippen molar-refractivity contribution in [3.63, 3.8) is 0 Å². The number of phosphoric ester groups is 8. The normalized spacial score (nSPS) is 32.4. The summed E-state index contributed by atoms with van der Waals surface area (Å²) in [5.74, 6) is 4.22. The van der Waals surface area contributed by atoms with Crippen molar-refractivity contribution in [2.24, 2.45) is 15.3 Å². The summed E-state index contributed by atoms with van der Waals surface area (Å²) in [6, 6.07) is 0. The minimum absolute atomic E-state index is 0.223. The molecule has 38 atom stereocenters. The largest absolute Gasteiger partial charge is 0.756 e. The third-order valence-corrected chi connectivity index (χ3v) is 34.0. The second-order valence-electron chi connectivity index (χ2n) is 25.2. The van der Waals surface area contributed by atoms with E-state index in [-0.39, 0.29) is 13.2 Å². The van der Waals surface area contributed by atoms with Crippen LogP contribution in [0, 0.1) is 24.7 Å².